The number of nitrogens with one attached hydrogen (secondary N) is 3. The summed E-state index contributed by atoms with van der Waals surface area (Å²) in [5, 5.41) is 15.2. The largest absolute Gasteiger partial charge is 0.388 e. The lowest BCUT2D eigenvalue weighted by molar-refractivity contribution is 0.191. The number of para-hydroxylation sites is 1. The molecule has 37 heavy (non-hydrogen) atoms. The van der Waals surface area contributed by atoms with Crippen molar-refractivity contribution in [2.45, 2.75) is 18.8 Å². The molecule has 0 saturated carbocycles. The molecule has 0 radical (unpaired) electrons. The first-order chi connectivity index (χ1) is 18.0. The Hall–Kier alpha value is -4.33. The van der Waals surface area contributed by atoms with Crippen LogP contribution in [-0.2, 0) is 0 Å². The third-order valence-electron chi connectivity index (χ3n) is 6.99. The quantitative estimate of drug-likeness (QED) is 0.318. The Labute approximate surface area is 217 Å². The van der Waals surface area contributed by atoms with Crippen molar-refractivity contribution < 1.29 is 4.79 Å². The highest BCUT2D eigenvalue weighted by atomic mass is 16.2. The number of piperidine rings is 1. The summed E-state index contributed by atoms with van der Waals surface area (Å²) in [7, 11) is 5.85. The average Bonchev–Trinajstić information content (AvgIpc) is 3.33. The molecule has 1 fully saturated rings. The van der Waals surface area contributed by atoms with E-state index >= 15 is 0 Å². The molecule has 3 N–H and O–H groups in total. The Bertz CT molecular complexity index is 1420. The molecule has 0 spiro atoms. The number of hydrogen-bond acceptors (Lipinski definition) is 5. The number of fused-ring (bicyclic) bond motifs is 1. The van der Waals surface area contributed by atoms with Crippen molar-refractivity contribution in [3.63, 3.8) is 0 Å². The van der Waals surface area contributed by atoms with Crippen molar-refractivity contribution in [1.82, 2.24) is 14.3 Å². The molecule has 5 rings (SSSR count). The Balaban J connectivity index is 1.39. The van der Waals surface area contributed by atoms with Gasteiger partial charge in [0.05, 0.1) is 11.2 Å². The third-order valence-corrected chi connectivity index (χ3v) is 6.99. The van der Waals surface area contributed by atoms with E-state index in [0.717, 1.165) is 46.8 Å². The van der Waals surface area contributed by atoms with Crippen LogP contribution < -0.4 is 15.5 Å². The first-order valence-corrected chi connectivity index (χ1v) is 12.6. The van der Waals surface area contributed by atoms with Gasteiger partial charge in [0.1, 0.15) is 11.5 Å². The predicted octanol–water partition coefficient (Wildman–Crippen LogP) is 5.27. The molecule has 1 aliphatic heterocycles. The second-order valence-corrected chi connectivity index (χ2v) is 9.60. The topological polar surface area (TPSA) is 88.8 Å². The number of nitrogens with zero attached hydrogens (tertiary/aromatic N) is 4. The number of likely N-dealkylation sites (tertiary alicyclic amines) is 1. The van der Waals surface area contributed by atoms with Crippen LogP contribution >= 0.6 is 0 Å². The fourth-order valence-corrected chi connectivity index (χ4v) is 5.00. The summed E-state index contributed by atoms with van der Waals surface area (Å²) in [5.41, 5.74) is 5.50. The zero-order chi connectivity index (χ0) is 25.9. The van der Waals surface area contributed by atoms with E-state index in [9.17, 15) is 4.79 Å². The van der Waals surface area contributed by atoms with Crippen LogP contribution in [-0.4, -0.2) is 60.3 Å². The number of urea groups is 1. The molecule has 2 aromatic carbocycles. The first-order valence-electron chi connectivity index (χ1n) is 12.6. The number of carbonyl (C=O) groups excluding carboxylic acids is 1. The van der Waals surface area contributed by atoms with Gasteiger partial charge in [-0.25, -0.2) is 9.78 Å². The summed E-state index contributed by atoms with van der Waals surface area (Å²) in [6, 6.07) is 21.5. The third kappa shape index (κ3) is 4.87. The van der Waals surface area contributed by atoms with Gasteiger partial charge in [0, 0.05) is 69.0 Å². The summed E-state index contributed by atoms with van der Waals surface area (Å²) >= 11 is 0. The van der Waals surface area contributed by atoms with Crippen LogP contribution in [0.1, 0.15) is 35.8 Å². The lowest BCUT2D eigenvalue weighted by atomic mass is 9.97. The summed E-state index contributed by atoms with van der Waals surface area (Å²) in [6.07, 6.45) is 3.84. The first kappa shape index (κ1) is 24.4. The van der Waals surface area contributed by atoms with Gasteiger partial charge < -0.3 is 24.8 Å². The highest BCUT2D eigenvalue weighted by molar-refractivity contribution is 6.16. The summed E-state index contributed by atoms with van der Waals surface area (Å²) < 4.78 is 2.08. The van der Waals surface area contributed by atoms with Crippen LogP contribution in [0.4, 0.5) is 21.9 Å². The van der Waals surface area contributed by atoms with Gasteiger partial charge in [0.15, 0.2) is 0 Å². The summed E-state index contributed by atoms with van der Waals surface area (Å²) in [5.74, 6) is 0.969. The van der Waals surface area contributed by atoms with Crippen molar-refractivity contribution in [2.24, 2.45) is 0 Å². The van der Waals surface area contributed by atoms with Gasteiger partial charge in [-0.05, 0) is 55.3 Å². The van der Waals surface area contributed by atoms with Gasteiger partial charge >= 0.3 is 6.03 Å². The van der Waals surface area contributed by atoms with E-state index in [0.29, 0.717) is 24.5 Å². The number of pyridine rings is 1. The van der Waals surface area contributed by atoms with E-state index in [-0.39, 0.29) is 11.9 Å². The lowest BCUT2D eigenvalue weighted by Gasteiger charge is -2.32. The van der Waals surface area contributed by atoms with Crippen molar-refractivity contribution in [2.75, 3.05) is 49.8 Å². The van der Waals surface area contributed by atoms with Gasteiger partial charge in [-0.2, -0.15) is 0 Å². The van der Waals surface area contributed by atoms with E-state index in [2.05, 4.69) is 15.0 Å². The van der Waals surface area contributed by atoms with E-state index < -0.39 is 0 Å². The smallest absolute Gasteiger partial charge is 0.321 e. The lowest BCUT2D eigenvalue weighted by Crippen LogP contribution is -2.42. The molecule has 1 saturated heterocycles. The number of benzene rings is 2. The minimum Gasteiger partial charge on any atom is -0.388 e. The molecule has 1 atom stereocenters. The van der Waals surface area contributed by atoms with Crippen molar-refractivity contribution in [3.8, 4) is 0 Å². The number of anilines is 3. The average molecular weight is 496 g/mol. The number of amides is 2. The maximum absolute atomic E-state index is 13.1. The second-order valence-electron chi connectivity index (χ2n) is 9.60. The SMILES string of the molecule is CNc1ccccc1C(=N)c1nc(C2CCCN(C(=O)Nc3ccc(N(C)C)cc3)C2)n2ccccc12. The molecule has 8 heteroatoms. The molecule has 4 aromatic rings. The molecule has 0 aliphatic carbocycles. The van der Waals surface area contributed by atoms with Crippen LogP contribution in [0.5, 0.6) is 0 Å². The Morgan fingerprint density at radius 2 is 1.81 bits per heavy atom. The standard InChI is InChI=1S/C29H33N7O/c1-31-24-11-5-4-10-23(24)26(30)27-25-12-6-7-18-36(25)28(33-27)20-9-8-17-35(19-20)29(37)32-21-13-15-22(16-14-21)34(2)3/h4-7,10-16,18,20,30-31H,8-9,17,19H2,1-3H3,(H,32,37). The van der Waals surface area contributed by atoms with Gasteiger partial charge in [-0.3, -0.25) is 5.41 Å². The van der Waals surface area contributed by atoms with Gasteiger partial charge in [-0.1, -0.05) is 24.3 Å². The second kappa shape index (κ2) is 10.3. The fourth-order valence-electron chi connectivity index (χ4n) is 5.00. The van der Waals surface area contributed by atoms with Gasteiger partial charge in [0.25, 0.3) is 0 Å². The monoisotopic (exact) mass is 495 g/mol. The number of rotatable bonds is 6. The number of hydrogen-bond donors (Lipinski definition) is 3. The zero-order valence-electron chi connectivity index (χ0n) is 21.5. The fraction of sp³-hybridized carbons (Fsp3) is 0.276. The predicted molar refractivity (Wildman–Crippen MR) is 150 cm³/mol. The van der Waals surface area contributed by atoms with Crippen molar-refractivity contribution in [3.05, 3.63) is 90.0 Å². The number of aromatic nitrogens is 2. The van der Waals surface area contributed by atoms with E-state index in [1.165, 1.54) is 0 Å². The molecule has 3 heterocycles. The maximum Gasteiger partial charge on any atom is 0.321 e. The maximum atomic E-state index is 13.1. The Morgan fingerprint density at radius 3 is 2.57 bits per heavy atom. The van der Waals surface area contributed by atoms with Crippen LogP contribution in [0.3, 0.4) is 0 Å². The van der Waals surface area contributed by atoms with Crippen LogP contribution in [0, 0.1) is 5.41 Å². The molecule has 190 valence electrons. The van der Waals surface area contributed by atoms with Crippen LogP contribution in [0.25, 0.3) is 5.52 Å². The number of carbonyl (C=O) groups is 1. The molecule has 2 aromatic heterocycles. The molecular formula is C29H33N7O. The van der Waals surface area contributed by atoms with Crippen LogP contribution in [0.15, 0.2) is 72.9 Å². The van der Waals surface area contributed by atoms with Crippen molar-refractivity contribution >= 4 is 34.3 Å². The minimum atomic E-state index is -0.0981. The highest BCUT2D eigenvalue weighted by Crippen LogP contribution is 2.30. The van der Waals surface area contributed by atoms with E-state index in [4.69, 9.17) is 10.4 Å². The zero-order valence-corrected chi connectivity index (χ0v) is 21.5. The Morgan fingerprint density at radius 1 is 1.05 bits per heavy atom. The minimum absolute atomic E-state index is 0.0756. The number of imidazole rings is 1. The molecule has 8 nitrogen and oxygen atoms in total. The molecule has 2 amide bonds. The summed E-state index contributed by atoms with van der Waals surface area (Å²) in [6.45, 7) is 1.29. The van der Waals surface area contributed by atoms with E-state index in [1.807, 2.05) is 104 Å². The van der Waals surface area contributed by atoms with Crippen molar-refractivity contribution in [1.29, 1.82) is 5.41 Å². The Kier molecular flexibility index (Phi) is 6.81. The van der Waals surface area contributed by atoms with Gasteiger partial charge in [0.2, 0.25) is 0 Å². The molecule has 1 unspecified atom stereocenters. The molecule has 1 aliphatic rings. The highest BCUT2D eigenvalue weighted by Gasteiger charge is 2.29. The van der Waals surface area contributed by atoms with Crippen LogP contribution in [0.2, 0.25) is 0 Å². The summed E-state index contributed by atoms with van der Waals surface area (Å²) in [4.78, 5) is 22.1. The van der Waals surface area contributed by atoms with Gasteiger partial charge in [-0.15, -0.1) is 0 Å². The van der Waals surface area contributed by atoms with E-state index in [1.54, 1.807) is 0 Å². The molecule has 0 bridgehead atoms. The molecular weight excluding hydrogens is 462 g/mol. The normalized spacial score (nSPS) is 15.4.